The monoisotopic (exact) mass is 217 g/mol. The molecule has 15 heavy (non-hydrogen) atoms. The SMILES string of the molecule is Cc1nnc2nc(-c3cccs3)cnn12. The van der Waals surface area contributed by atoms with E-state index >= 15 is 0 Å². The molecule has 0 bridgehead atoms. The quantitative estimate of drug-likeness (QED) is 0.620. The van der Waals surface area contributed by atoms with E-state index in [1.165, 1.54) is 0 Å². The first kappa shape index (κ1) is 8.49. The molecule has 0 N–H and O–H groups in total. The first-order valence-electron chi connectivity index (χ1n) is 4.43. The Morgan fingerprint density at radius 1 is 1.33 bits per heavy atom. The van der Waals surface area contributed by atoms with Crippen molar-refractivity contribution in [3.05, 3.63) is 29.5 Å². The van der Waals surface area contributed by atoms with E-state index in [1.807, 2.05) is 24.4 Å². The van der Waals surface area contributed by atoms with Gasteiger partial charge in [-0.05, 0) is 18.4 Å². The van der Waals surface area contributed by atoms with Crippen molar-refractivity contribution >= 4 is 17.1 Å². The van der Waals surface area contributed by atoms with Crippen molar-refractivity contribution in [2.75, 3.05) is 0 Å². The molecule has 3 aromatic rings. The molecule has 3 rings (SSSR count). The normalized spacial score (nSPS) is 11.0. The molecule has 0 unspecified atom stereocenters. The maximum absolute atomic E-state index is 4.38. The molecule has 3 heterocycles. The molecule has 0 atom stereocenters. The molecule has 74 valence electrons. The summed E-state index contributed by atoms with van der Waals surface area (Å²) >= 11 is 1.63. The largest absolute Gasteiger partial charge is 0.272 e. The van der Waals surface area contributed by atoms with Crippen LogP contribution < -0.4 is 0 Å². The molecule has 0 saturated heterocycles. The number of nitrogens with zero attached hydrogens (tertiary/aromatic N) is 5. The van der Waals surface area contributed by atoms with Crippen LogP contribution in [0.3, 0.4) is 0 Å². The molecule has 6 heteroatoms. The topological polar surface area (TPSA) is 56.0 Å². The highest BCUT2D eigenvalue weighted by Crippen LogP contribution is 2.21. The Morgan fingerprint density at radius 2 is 2.27 bits per heavy atom. The van der Waals surface area contributed by atoms with Crippen LogP contribution in [0.2, 0.25) is 0 Å². The van der Waals surface area contributed by atoms with Gasteiger partial charge in [0.2, 0.25) is 0 Å². The molecule has 0 radical (unpaired) electrons. The third kappa shape index (κ3) is 1.30. The molecule has 0 aliphatic rings. The summed E-state index contributed by atoms with van der Waals surface area (Å²) < 4.78 is 1.62. The van der Waals surface area contributed by atoms with E-state index < -0.39 is 0 Å². The van der Waals surface area contributed by atoms with Gasteiger partial charge in [0.25, 0.3) is 5.78 Å². The van der Waals surface area contributed by atoms with Crippen LogP contribution in [-0.2, 0) is 0 Å². The zero-order valence-electron chi connectivity index (χ0n) is 7.95. The maximum Gasteiger partial charge on any atom is 0.272 e. The number of aromatic nitrogens is 5. The first-order chi connectivity index (χ1) is 7.34. The van der Waals surface area contributed by atoms with E-state index in [4.69, 9.17) is 0 Å². The number of hydrogen-bond donors (Lipinski definition) is 0. The lowest BCUT2D eigenvalue weighted by atomic mass is 10.4. The number of aryl methyl sites for hydroxylation is 1. The Balaban J connectivity index is 2.23. The Morgan fingerprint density at radius 3 is 3.07 bits per heavy atom. The van der Waals surface area contributed by atoms with E-state index in [2.05, 4.69) is 20.3 Å². The second-order valence-electron chi connectivity index (χ2n) is 3.08. The summed E-state index contributed by atoms with van der Waals surface area (Å²) in [5.74, 6) is 1.29. The lowest BCUT2D eigenvalue weighted by molar-refractivity contribution is 0.860. The van der Waals surface area contributed by atoms with E-state index in [0.717, 1.165) is 16.4 Å². The summed E-state index contributed by atoms with van der Waals surface area (Å²) in [5, 5.41) is 14.1. The zero-order valence-corrected chi connectivity index (χ0v) is 8.77. The van der Waals surface area contributed by atoms with Crippen molar-refractivity contribution in [3.8, 4) is 10.6 Å². The van der Waals surface area contributed by atoms with E-state index in [9.17, 15) is 0 Å². The van der Waals surface area contributed by atoms with Crippen molar-refractivity contribution < 1.29 is 0 Å². The second-order valence-corrected chi connectivity index (χ2v) is 4.03. The average molecular weight is 217 g/mol. The highest BCUT2D eigenvalue weighted by molar-refractivity contribution is 7.13. The fourth-order valence-corrected chi connectivity index (χ4v) is 2.02. The first-order valence-corrected chi connectivity index (χ1v) is 5.31. The van der Waals surface area contributed by atoms with Gasteiger partial charge in [0, 0.05) is 0 Å². The van der Waals surface area contributed by atoms with Crippen LogP contribution in [0.15, 0.2) is 23.7 Å². The van der Waals surface area contributed by atoms with Gasteiger partial charge < -0.3 is 0 Å². The van der Waals surface area contributed by atoms with Crippen molar-refractivity contribution in [1.29, 1.82) is 0 Å². The molecular weight excluding hydrogens is 210 g/mol. The van der Waals surface area contributed by atoms with Crippen LogP contribution in [0.25, 0.3) is 16.3 Å². The van der Waals surface area contributed by atoms with Gasteiger partial charge in [0.05, 0.1) is 11.1 Å². The Hall–Kier alpha value is -1.82. The second kappa shape index (κ2) is 3.09. The van der Waals surface area contributed by atoms with Gasteiger partial charge >= 0.3 is 0 Å². The summed E-state index contributed by atoms with van der Waals surface area (Å²) in [4.78, 5) is 5.46. The van der Waals surface area contributed by atoms with Gasteiger partial charge in [-0.15, -0.1) is 21.5 Å². The predicted molar refractivity (Wildman–Crippen MR) is 56.6 cm³/mol. The summed E-state index contributed by atoms with van der Waals surface area (Å²) in [5.41, 5.74) is 0.838. The summed E-state index contributed by atoms with van der Waals surface area (Å²) in [6.45, 7) is 1.85. The minimum atomic E-state index is 0.540. The lowest BCUT2D eigenvalue weighted by Crippen LogP contribution is -1.97. The molecule has 0 aromatic carbocycles. The van der Waals surface area contributed by atoms with Crippen molar-refractivity contribution in [3.63, 3.8) is 0 Å². The molecule has 0 fully saturated rings. The van der Waals surface area contributed by atoms with Crippen molar-refractivity contribution in [1.82, 2.24) is 24.8 Å². The maximum atomic E-state index is 4.38. The van der Waals surface area contributed by atoms with Gasteiger partial charge in [-0.1, -0.05) is 6.07 Å². The average Bonchev–Trinajstić information content (AvgIpc) is 2.88. The minimum absolute atomic E-state index is 0.540. The van der Waals surface area contributed by atoms with Crippen LogP contribution in [0, 0.1) is 6.92 Å². The van der Waals surface area contributed by atoms with Crippen LogP contribution in [0.5, 0.6) is 0 Å². The fourth-order valence-electron chi connectivity index (χ4n) is 1.34. The number of rotatable bonds is 1. The molecule has 0 amide bonds. The molecule has 0 spiro atoms. The highest BCUT2D eigenvalue weighted by atomic mass is 32.1. The third-order valence-corrected chi connectivity index (χ3v) is 2.96. The third-order valence-electron chi connectivity index (χ3n) is 2.07. The molecule has 3 aromatic heterocycles. The Kier molecular flexibility index (Phi) is 1.75. The van der Waals surface area contributed by atoms with Gasteiger partial charge in [-0.25, -0.2) is 4.98 Å². The molecule has 5 nitrogen and oxygen atoms in total. The standard InChI is InChI=1S/C9H7N5S/c1-6-12-13-9-11-7(5-10-14(6)9)8-3-2-4-15-8/h2-5H,1H3. The summed E-state index contributed by atoms with van der Waals surface area (Å²) in [6, 6.07) is 4.00. The molecular formula is C9H7N5S. The molecule has 0 saturated carbocycles. The van der Waals surface area contributed by atoms with Crippen molar-refractivity contribution in [2.24, 2.45) is 0 Å². The molecule has 0 aliphatic carbocycles. The number of hydrogen-bond acceptors (Lipinski definition) is 5. The van der Waals surface area contributed by atoms with Gasteiger partial charge in [0.15, 0.2) is 5.82 Å². The highest BCUT2D eigenvalue weighted by Gasteiger charge is 2.06. The van der Waals surface area contributed by atoms with Gasteiger partial charge in [-0.2, -0.15) is 9.61 Å². The van der Waals surface area contributed by atoms with Gasteiger partial charge in [-0.3, -0.25) is 0 Å². The van der Waals surface area contributed by atoms with Crippen LogP contribution in [-0.4, -0.2) is 24.8 Å². The summed E-state index contributed by atoms with van der Waals surface area (Å²) in [7, 11) is 0. The minimum Gasteiger partial charge on any atom is -0.207 e. The zero-order chi connectivity index (χ0) is 10.3. The van der Waals surface area contributed by atoms with Crippen molar-refractivity contribution in [2.45, 2.75) is 6.92 Å². The Bertz CT molecular complexity index is 598. The Labute approximate surface area is 89.4 Å². The van der Waals surface area contributed by atoms with Crippen LogP contribution in [0.1, 0.15) is 5.82 Å². The predicted octanol–water partition coefficient (Wildman–Crippen LogP) is 1.56. The fraction of sp³-hybridized carbons (Fsp3) is 0.111. The smallest absolute Gasteiger partial charge is 0.207 e. The van der Waals surface area contributed by atoms with Crippen LogP contribution >= 0.6 is 11.3 Å². The van der Waals surface area contributed by atoms with E-state index in [0.29, 0.717) is 5.78 Å². The summed E-state index contributed by atoms with van der Waals surface area (Å²) in [6.07, 6.45) is 1.73. The number of thiophene rings is 1. The van der Waals surface area contributed by atoms with Crippen LogP contribution in [0.4, 0.5) is 0 Å². The van der Waals surface area contributed by atoms with E-state index in [-0.39, 0.29) is 0 Å². The van der Waals surface area contributed by atoms with Gasteiger partial charge in [0.1, 0.15) is 5.69 Å². The number of fused-ring (bicyclic) bond motifs is 1. The molecule has 0 aliphatic heterocycles. The lowest BCUT2D eigenvalue weighted by Gasteiger charge is -1.96. The van der Waals surface area contributed by atoms with E-state index in [1.54, 1.807) is 22.0 Å².